The third-order valence-electron chi connectivity index (χ3n) is 3.62. The summed E-state index contributed by atoms with van der Waals surface area (Å²) in [6.45, 7) is 3.97. The fourth-order valence-electron chi connectivity index (χ4n) is 2.44. The number of hydrazine groups is 1. The van der Waals surface area contributed by atoms with Gasteiger partial charge in [-0.15, -0.1) is 4.83 Å². The number of piperidine rings is 1. The van der Waals surface area contributed by atoms with E-state index in [1.54, 1.807) is 5.01 Å². The second kappa shape index (κ2) is 6.09. The number of hydrogen-bond donors (Lipinski definition) is 1. The molecule has 7 heteroatoms. The molecule has 1 N–H and O–H groups in total. The molecule has 4 nitrogen and oxygen atoms in total. The van der Waals surface area contributed by atoms with Crippen molar-refractivity contribution in [3.05, 3.63) is 28.5 Å². The number of halogens is 2. The van der Waals surface area contributed by atoms with Crippen LogP contribution in [0.2, 0.25) is 0 Å². The first-order valence-electron chi connectivity index (χ1n) is 6.57. The van der Waals surface area contributed by atoms with E-state index < -0.39 is 15.8 Å². The minimum absolute atomic E-state index is 0.0665. The third-order valence-corrected chi connectivity index (χ3v) is 5.59. The Kier molecular flexibility index (Phi) is 4.84. The molecule has 0 aliphatic carbocycles. The highest BCUT2D eigenvalue weighted by molar-refractivity contribution is 9.10. The Morgan fingerprint density at radius 3 is 2.45 bits per heavy atom. The van der Waals surface area contributed by atoms with Gasteiger partial charge in [0.1, 0.15) is 5.82 Å². The molecular formula is C13H18BrFN2O2S. The molecule has 1 fully saturated rings. The summed E-state index contributed by atoms with van der Waals surface area (Å²) in [5.74, 6) is -0.590. The summed E-state index contributed by atoms with van der Waals surface area (Å²) in [7, 11) is -3.75. The number of nitrogens with zero attached hydrogens (tertiary/aromatic N) is 1. The van der Waals surface area contributed by atoms with Crippen LogP contribution in [0.15, 0.2) is 27.6 Å². The average molecular weight is 365 g/mol. The van der Waals surface area contributed by atoms with E-state index in [-0.39, 0.29) is 21.5 Å². The van der Waals surface area contributed by atoms with Crippen molar-refractivity contribution in [2.75, 3.05) is 0 Å². The Labute approximate surface area is 127 Å². The van der Waals surface area contributed by atoms with E-state index in [0.29, 0.717) is 0 Å². The molecule has 2 unspecified atom stereocenters. The highest BCUT2D eigenvalue weighted by Gasteiger charge is 2.29. The summed E-state index contributed by atoms with van der Waals surface area (Å²) in [6.07, 6.45) is 2.98. The molecule has 1 aromatic rings. The van der Waals surface area contributed by atoms with Crippen LogP contribution in [-0.2, 0) is 10.0 Å². The predicted octanol–water partition coefficient (Wildman–Crippen LogP) is 3.04. The lowest BCUT2D eigenvalue weighted by atomic mass is 10.0. The lowest BCUT2D eigenvalue weighted by Crippen LogP contribution is -2.53. The SMILES string of the molecule is CC1CCCC(C)N1NS(=O)(=O)c1ccc(Br)c(F)c1. The number of sulfonamides is 1. The highest BCUT2D eigenvalue weighted by Crippen LogP contribution is 2.23. The first-order valence-corrected chi connectivity index (χ1v) is 8.84. The van der Waals surface area contributed by atoms with Crippen molar-refractivity contribution in [3.63, 3.8) is 0 Å². The van der Waals surface area contributed by atoms with Crippen molar-refractivity contribution in [3.8, 4) is 0 Å². The van der Waals surface area contributed by atoms with Crippen molar-refractivity contribution >= 4 is 26.0 Å². The molecular weight excluding hydrogens is 347 g/mol. The van der Waals surface area contributed by atoms with Gasteiger partial charge in [0.15, 0.2) is 0 Å². The molecule has 2 rings (SSSR count). The zero-order valence-corrected chi connectivity index (χ0v) is 13.8. The van der Waals surface area contributed by atoms with Gasteiger partial charge in [-0.05, 0) is 60.8 Å². The van der Waals surface area contributed by atoms with E-state index in [1.807, 2.05) is 13.8 Å². The van der Waals surface area contributed by atoms with Gasteiger partial charge >= 0.3 is 0 Å². The molecule has 1 aliphatic heterocycles. The normalized spacial score (nSPS) is 24.8. The Balaban J connectivity index is 2.24. The van der Waals surface area contributed by atoms with E-state index in [0.717, 1.165) is 25.3 Å². The van der Waals surface area contributed by atoms with Crippen LogP contribution in [0.4, 0.5) is 4.39 Å². The van der Waals surface area contributed by atoms with Gasteiger partial charge in [-0.3, -0.25) is 0 Å². The number of benzene rings is 1. The largest absolute Gasteiger partial charge is 0.253 e. The summed E-state index contributed by atoms with van der Waals surface area (Å²) >= 11 is 3.01. The maximum absolute atomic E-state index is 13.5. The molecule has 1 aromatic carbocycles. The van der Waals surface area contributed by atoms with Crippen molar-refractivity contribution in [1.82, 2.24) is 9.84 Å². The maximum atomic E-state index is 13.5. The van der Waals surface area contributed by atoms with Crippen molar-refractivity contribution in [2.24, 2.45) is 0 Å². The van der Waals surface area contributed by atoms with E-state index in [1.165, 1.54) is 12.1 Å². The monoisotopic (exact) mass is 364 g/mol. The lowest BCUT2D eigenvalue weighted by Gasteiger charge is -2.38. The maximum Gasteiger partial charge on any atom is 0.253 e. The van der Waals surface area contributed by atoms with E-state index in [4.69, 9.17) is 0 Å². The summed E-state index contributed by atoms with van der Waals surface area (Å²) < 4.78 is 38.4. The first kappa shape index (κ1) is 15.9. The molecule has 0 radical (unpaired) electrons. The van der Waals surface area contributed by atoms with Crippen molar-refractivity contribution in [1.29, 1.82) is 0 Å². The van der Waals surface area contributed by atoms with Crippen molar-refractivity contribution < 1.29 is 12.8 Å². The Morgan fingerprint density at radius 2 is 1.90 bits per heavy atom. The molecule has 0 spiro atoms. The van der Waals surface area contributed by atoms with Crippen LogP contribution in [0.5, 0.6) is 0 Å². The Hall–Kier alpha value is -0.500. The van der Waals surface area contributed by atoms with Crippen LogP contribution in [0, 0.1) is 5.82 Å². The topological polar surface area (TPSA) is 49.4 Å². The van der Waals surface area contributed by atoms with E-state index in [2.05, 4.69) is 20.8 Å². The molecule has 2 atom stereocenters. The lowest BCUT2D eigenvalue weighted by molar-refractivity contribution is 0.0790. The molecule has 20 heavy (non-hydrogen) atoms. The third kappa shape index (κ3) is 3.39. The van der Waals surface area contributed by atoms with Gasteiger partial charge in [0.05, 0.1) is 9.37 Å². The van der Waals surface area contributed by atoms with E-state index >= 15 is 0 Å². The molecule has 0 aromatic heterocycles. The molecule has 112 valence electrons. The molecule has 1 aliphatic rings. The highest BCUT2D eigenvalue weighted by atomic mass is 79.9. The fourth-order valence-corrected chi connectivity index (χ4v) is 3.93. The summed E-state index contributed by atoms with van der Waals surface area (Å²) in [5, 5.41) is 1.75. The smallest absolute Gasteiger partial charge is 0.225 e. The first-order chi connectivity index (χ1) is 9.31. The standard InChI is InChI=1S/C13H18BrFN2O2S/c1-9-4-3-5-10(2)17(9)16-20(18,19)11-6-7-12(14)13(15)8-11/h6-10,16H,3-5H2,1-2H3. The average Bonchev–Trinajstić information content (AvgIpc) is 2.37. The molecule has 0 saturated carbocycles. The number of nitrogens with one attached hydrogen (secondary N) is 1. The second-order valence-electron chi connectivity index (χ2n) is 5.21. The van der Waals surface area contributed by atoms with Crippen molar-refractivity contribution in [2.45, 2.75) is 50.1 Å². The van der Waals surface area contributed by atoms with Crippen LogP contribution in [-0.4, -0.2) is 25.5 Å². The minimum atomic E-state index is -3.75. The summed E-state index contributed by atoms with van der Waals surface area (Å²) in [6, 6.07) is 4.07. The van der Waals surface area contributed by atoms with Crippen LogP contribution in [0.1, 0.15) is 33.1 Å². The quantitative estimate of drug-likeness (QED) is 0.896. The van der Waals surface area contributed by atoms with Crippen LogP contribution < -0.4 is 4.83 Å². The molecule has 1 saturated heterocycles. The number of rotatable bonds is 3. The summed E-state index contributed by atoms with van der Waals surface area (Å²) in [4.78, 5) is 2.51. The zero-order valence-electron chi connectivity index (χ0n) is 11.4. The van der Waals surface area contributed by atoms with Crippen LogP contribution in [0.25, 0.3) is 0 Å². The fraction of sp³-hybridized carbons (Fsp3) is 0.538. The second-order valence-corrected chi connectivity index (χ2v) is 7.72. The van der Waals surface area contributed by atoms with Gasteiger partial charge < -0.3 is 0 Å². The van der Waals surface area contributed by atoms with Gasteiger partial charge in [0, 0.05) is 12.1 Å². The van der Waals surface area contributed by atoms with Gasteiger partial charge in [-0.25, -0.2) is 17.8 Å². The van der Waals surface area contributed by atoms with Crippen LogP contribution in [0.3, 0.4) is 0 Å². The molecule has 0 amide bonds. The Bertz CT molecular complexity index is 584. The van der Waals surface area contributed by atoms with Gasteiger partial charge in [0.25, 0.3) is 10.0 Å². The predicted molar refractivity (Wildman–Crippen MR) is 79.0 cm³/mol. The van der Waals surface area contributed by atoms with Crippen LogP contribution >= 0.6 is 15.9 Å². The van der Waals surface area contributed by atoms with E-state index in [9.17, 15) is 12.8 Å². The molecule has 1 heterocycles. The zero-order chi connectivity index (χ0) is 14.9. The molecule has 0 bridgehead atoms. The Morgan fingerprint density at radius 1 is 1.30 bits per heavy atom. The number of hydrogen-bond acceptors (Lipinski definition) is 3. The summed E-state index contributed by atoms with van der Waals surface area (Å²) in [5.41, 5.74) is 0. The minimum Gasteiger partial charge on any atom is -0.225 e. The van der Waals surface area contributed by atoms with Gasteiger partial charge in [-0.2, -0.15) is 0 Å². The van der Waals surface area contributed by atoms with Gasteiger partial charge in [-0.1, -0.05) is 6.42 Å². The van der Waals surface area contributed by atoms with Gasteiger partial charge in [0.2, 0.25) is 0 Å².